The molecule has 1 aliphatic heterocycles. The fraction of sp³-hybridized carbons (Fsp3) is 0.158. The van der Waals surface area contributed by atoms with E-state index >= 15 is 0 Å². The Kier molecular flexibility index (Phi) is 5.60. The van der Waals surface area contributed by atoms with Crippen LogP contribution in [0.5, 0.6) is 0 Å². The van der Waals surface area contributed by atoms with Crippen LogP contribution in [0.4, 0.5) is 10.5 Å². The Morgan fingerprint density at radius 3 is 2.61 bits per heavy atom. The number of benzene rings is 2. The standard InChI is InChI=1S/C19H16ClN3O5/c1-2-28-18(24)15-16(11-6-4-3-5-7-11)21-19(25)22-17(15)12-8-9-13(20)14(10-12)23(26)27/h3-10,17H,2H2,1H3,(H2,21,22,25)/t17-/m0/s1. The van der Waals surface area contributed by atoms with Gasteiger partial charge in [0.05, 0.1) is 28.8 Å². The number of hydrogen-bond acceptors (Lipinski definition) is 5. The first-order chi connectivity index (χ1) is 13.4. The van der Waals surface area contributed by atoms with Crippen molar-refractivity contribution < 1.29 is 19.2 Å². The third-order valence-electron chi connectivity index (χ3n) is 4.13. The largest absolute Gasteiger partial charge is 0.463 e. The van der Waals surface area contributed by atoms with E-state index in [0.29, 0.717) is 11.1 Å². The molecule has 0 aromatic heterocycles. The normalized spacial score (nSPS) is 16.2. The van der Waals surface area contributed by atoms with E-state index in [1.165, 1.54) is 18.2 Å². The monoisotopic (exact) mass is 401 g/mol. The lowest BCUT2D eigenvalue weighted by Gasteiger charge is -2.29. The van der Waals surface area contributed by atoms with Crippen LogP contribution in [-0.2, 0) is 9.53 Å². The van der Waals surface area contributed by atoms with E-state index in [1.807, 2.05) is 0 Å². The summed E-state index contributed by atoms with van der Waals surface area (Å²) in [5.41, 5.74) is 1.04. The lowest BCUT2D eigenvalue weighted by atomic mass is 9.92. The molecule has 9 heteroatoms. The lowest BCUT2D eigenvalue weighted by molar-refractivity contribution is -0.384. The zero-order chi connectivity index (χ0) is 20.3. The highest BCUT2D eigenvalue weighted by Gasteiger charge is 2.35. The Labute approximate surface area is 165 Å². The number of halogens is 1. The number of carbonyl (C=O) groups excluding carboxylic acids is 2. The molecule has 2 aromatic rings. The molecule has 28 heavy (non-hydrogen) atoms. The fourth-order valence-electron chi connectivity index (χ4n) is 2.92. The SMILES string of the molecule is CCOC(=O)C1=C(c2ccccc2)NC(=O)N[C@H]1c1ccc(Cl)c([N+](=O)[O-])c1. The Bertz CT molecular complexity index is 975. The summed E-state index contributed by atoms with van der Waals surface area (Å²) in [6.45, 7) is 1.80. The van der Waals surface area contributed by atoms with E-state index in [-0.39, 0.29) is 28.6 Å². The molecule has 0 spiro atoms. The summed E-state index contributed by atoms with van der Waals surface area (Å²) in [5, 5.41) is 16.5. The number of amides is 2. The number of urea groups is 1. The number of nitrogens with one attached hydrogen (secondary N) is 2. The van der Waals surface area contributed by atoms with Crippen LogP contribution in [0.15, 0.2) is 54.1 Å². The molecule has 0 fully saturated rings. The Morgan fingerprint density at radius 1 is 1.25 bits per heavy atom. The average Bonchev–Trinajstić information content (AvgIpc) is 2.68. The van der Waals surface area contributed by atoms with Crippen molar-refractivity contribution in [2.45, 2.75) is 13.0 Å². The van der Waals surface area contributed by atoms with Gasteiger partial charge < -0.3 is 15.4 Å². The van der Waals surface area contributed by atoms with E-state index < -0.39 is 23.0 Å². The number of nitro groups is 1. The first-order valence-corrected chi connectivity index (χ1v) is 8.78. The fourth-order valence-corrected chi connectivity index (χ4v) is 3.11. The van der Waals surface area contributed by atoms with Gasteiger partial charge in [-0.1, -0.05) is 48.0 Å². The van der Waals surface area contributed by atoms with Crippen LogP contribution < -0.4 is 10.6 Å². The number of nitro benzene ring substituents is 1. The summed E-state index contributed by atoms with van der Waals surface area (Å²) in [6.07, 6.45) is 0. The molecule has 0 unspecified atom stereocenters. The quantitative estimate of drug-likeness (QED) is 0.452. The van der Waals surface area contributed by atoms with Crippen molar-refractivity contribution in [2.24, 2.45) is 0 Å². The first-order valence-electron chi connectivity index (χ1n) is 8.40. The van der Waals surface area contributed by atoms with Crippen molar-refractivity contribution in [3.8, 4) is 0 Å². The molecule has 1 heterocycles. The van der Waals surface area contributed by atoms with Gasteiger partial charge in [-0.2, -0.15) is 0 Å². The molecule has 2 N–H and O–H groups in total. The first kappa shape index (κ1) is 19.4. The zero-order valence-electron chi connectivity index (χ0n) is 14.8. The minimum atomic E-state index is -0.945. The summed E-state index contributed by atoms with van der Waals surface area (Å²) >= 11 is 5.89. The van der Waals surface area contributed by atoms with Gasteiger partial charge in [0.15, 0.2) is 0 Å². The van der Waals surface area contributed by atoms with Gasteiger partial charge in [0, 0.05) is 6.07 Å². The van der Waals surface area contributed by atoms with Crippen LogP contribution >= 0.6 is 11.6 Å². The highest BCUT2D eigenvalue weighted by molar-refractivity contribution is 6.32. The van der Waals surface area contributed by atoms with E-state index in [0.717, 1.165) is 0 Å². The summed E-state index contributed by atoms with van der Waals surface area (Å²) in [4.78, 5) is 35.6. The van der Waals surface area contributed by atoms with Crippen LogP contribution in [0.25, 0.3) is 5.70 Å². The number of rotatable bonds is 5. The molecule has 2 aromatic carbocycles. The van der Waals surface area contributed by atoms with Crippen LogP contribution in [0.3, 0.4) is 0 Å². The minimum Gasteiger partial charge on any atom is -0.463 e. The van der Waals surface area contributed by atoms with Gasteiger partial charge in [-0.15, -0.1) is 0 Å². The summed E-state index contributed by atoms with van der Waals surface area (Å²) in [6, 6.07) is 11.4. The third kappa shape index (κ3) is 3.81. The van der Waals surface area contributed by atoms with Crippen molar-refractivity contribution in [1.82, 2.24) is 10.6 Å². The zero-order valence-corrected chi connectivity index (χ0v) is 15.5. The number of carbonyl (C=O) groups is 2. The molecular weight excluding hydrogens is 386 g/mol. The maximum Gasteiger partial charge on any atom is 0.338 e. The number of ether oxygens (including phenoxy) is 1. The molecule has 0 aliphatic carbocycles. The van der Waals surface area contributed by atoms with Crippen molar-refractivity contribution in [2.75, 3.05) is 6.61 Å². The molecule has 144 valence electrons. The van der Waals surface area contributed by atoms with Crippen LogP contribution in [0.1, 0.15) is 24.1 Å². The van der Waals surface area contributed by atoms with Gasteiger partial charge in [0.1, 0.15) is 5.02 Å². The van der Waals surface area contributed by atoms with Crippen LogP contribution in [0.2, 0.25) is 5.02 Å². The third-order valence-corrected chi connectivity index (χ3v) is 4.45. The van der Waals surface area contributed by atoms with Gasteiger partial charge in [0.25, 0.3) is 5.69 Å². The Balaban J connectivity index is 2.20. The molecule has 3 rings (SSSR count). The van der Waals surface area contributed by atoms with Crippen LogP contribution in [-0.4, -0.2) is 23.5 Å². The predicted octanol–water partition coefficient (Wildman–Crippen LogP) is 3.58. The van der Waals surface area contributed by atoms with E-state index in [1.54, 1.807) is 37.3 Å². The highest BCUT2D eigenvalue weighted by Crippen LogP contribution is 2.35. The second kappa shape index (κ2) is 8.10. The lowest BCUT2D eigenvalue weighted by Crippen LogP contribution is -2.45. The van der Waals surface area contributed by atoms with E-state index in [2.05, 4.69) is 10.6 Å². The number of nitrogens with zero attached hydrogens (tertiary/aromatic N) is 1. The van der Waals surface area contributed by atoms with E-state index in [4.69, 9.17) is 16.3 Å². The molecule has 0 bridgehead atoms. The second-order valence-corrected chi connectivity index (χ2v) is 6.28. The van der Waals surface area contributed by atoms with Crippen molar-refractivity contribution in [3.63, 3.8) is 0 Å². The molecule has 1 aliphatic rings. The topological polar surface area (TPSA) is 111 Å². The molecular formula is C19H16ClN3O5. The van der Waals surface area contributed by atoms with Gasteiger partial charge in [-0.3, -0.25) is 10.1 Å². The summed E-state index contributed by atoms with van der Waals surface area (Å²) in [7, 11) is 0. The van der Waals surface area contributed by atoms with Crippen molar-refractivity contribution in [1.29, 1.82) is 0 Å². The van der Waals surface area contributed by atoms with E-state index in [9.17, 15) is 19.7 Å². The number of esters is 1. The maximum atomic E-state index is 12.7. The van der Waals surface area contributed by atoms with Gasteiger partial charge >= 0.3 is 12.0 Å². The molecule has 0 radical (unpaired) electrons. The number of hydrogen-bond donors (Lipinski definition) is 2. The van der Waals surface area contributed by atoms with Gasteiger partial charge in [-0.25, -0.2) is 9.59 Å². The second-order valence-electron chi connectivity index (χ2n) is 5.87. The Hall–Kier alpha value is -3.39. The highest BCUT2D eigenvalue weighted by atomic mass is 35.5. The predicted molar refractivity (Wildman–Crippen MR) is 103 cm³/mol. The average molecular weight is 402 g/mol. The molecule has 0 saturated heterocycles. The van der Waals surface area contributed by atoms with Crippen LogP contribution in [0, 0.1) is 10.1 Å². The Morgan fingerprint density at radius 2 is 1.96 bits per heavy atom. The van der Waals surface area contributed by atoms with Gasteiger partial charge in [0.2, 0.25) is 0 Å². The van der Waals surface area contributed by atoms with Gasteiger partial charge in [-0.05, 0) is 24.1 Å². The minimum absolute atomic E-state index is 0.0426. The molecule has 8 nitrogen and oxygen atoms in total. The molecule has 1 atom stereocenters. The summed E-state index contributed by atoms with van der Waals surface area (Å²) < 4.78 is 5.17. The van der Waals surface area contributed by atoms with Crippen molar-refractivity contribution in [3.05, 3.63) is 80.4 Å². The smallest absolute Gasteiger partial charge is 0.338 e. The maximum absolute atomic E-state index is 12.7. The molecule has 0 saturated carbocycles. The molecule has 2 amide bonds. The van der Waals surface area contributed by atoms with Crippen molar-refractivity contribution >= 4 is 35.0 Å². The summed E-state index contributed by atoms with van der Waals surface area (Å²) in [5.74, 6) is -0.642.